The molecule has 0 unspecified atom stereocenters. The van der Waals surface area contributed by atoms with Crippen LogP contribution in [0.3, 0.4) is 0 Å². The molecule has 4 nitrogen and oxygen atoms in total. The lowest BCUT2D eigenvalue weighted by Crippen LogP contribution is -2.41. The quantitative estimate of drug-likeness (QED) is 0.453. The van der Waals surface area contributed by atoms with Gasteiger partial charge < -0.3 is 10.1 Å². The Bertz CT molecular complexity index is 947. The highest BCUT2D eigenvalue weighted by atomic mass is 16.5. The van der Waals surface area contributed by atoms with Crippen molar-refractivity contribution in [2.75, 3.05) is 7.11 Å². The third-order valence-corrected chi connectivity index (χ3v) is 4.11. The van der Waals surface area contributed by atoms with Crippen LogP contribution in [-0.4, -0.2) is 25.0 Å². The highest BCUT2D eigenvalue weighted by Crippen LogP contribution is 2.28. The van der Waals surface area contributed by atoms with E-state index in [1.54, 1.807) is 0 Å². The summed E-state index contributed by atoms with van der Waals surface area (Å²) in [6.07, 6.45) is 5.38. The Balaban J connectivity index is 2.13. The molecule has 0 aliphatic carbocycles. The van der Waals surface area contributed by atoms with Gasteiger partial charge in [0.25, 0.3) is 5.91 Å². The number of benzene rings is 3. The second kappa shape index (κ2) is 7.06. The average molecular weight is 331 g/mol. The number of ether oxygens (including phenoxy) is 1. The Morgan fingerprint density at radius 1 is 1.08 bits per heavy atom. The molecule has 0 saturated carbocycles. The zero-order chi connectivity index (χ0) is 17.8. The number of hydrogen-bond acceptors (Lipinski definition) is 3. The Morgan fingerprint density at radius 2 is 1.64 bits per heavy atom. The SMILES string of the molecule is C#CC[C@H](NC(=O)c1c2ccccc2cc2ccccc12)C(=O)OC. The van der Waals surface area contributed by atoms with Crippen molar-refractivity contribution in [2.45, 2.75) is 12.5 Å². The lowest BCUT2D eigenvalue weighted by molar-refractivity contribution is -0.142. The molecule has 0 heterocycles. The summed E-state index contributed by atoms with van der Waals surface area (Å²) in [6, 6.07) is 16.5. The van der Waals surface area contributed by atoms with Crippen LogP contribution in [0.2, 0.25) is 0 Å². The summed E-state index contributed by atoms with van der Waals surface area (Å²) < 4.78 is 4.73. The summed E-state index contributed by atoms with van der Waals surface area (Å²) in [4.78, 5) is 24.9. The molecule has 0 spiro atoms. The smallest absolute Gasteiger partial charge is 0.329 e. The third kappa shape index (κ3) is 3.17. The van der Waals surface area contributed by atoms with E-state index in [2.05, 4.69) is 11.2 Å². The van der Waals surface area contributed by atoms with Crippen molar-refractivity contribution < 1.29 is 14.3 Å². The van der Waals surface area contributed by atoms with Crippen molar-refractivity contribution in [2.24, 2.45) is 0 Å². The Labute approximate surface area is 145 Å². The number of esters is 1. The summed E-state index contributed by atoms with van der Waals surface area (Å²) in [5.41, 5.74) is 0.527. The third-order valence-electron chi connectivity index (χ3n) is 4.11. The second-order valence-corrected chi connectivity index (χ2v) is 5.65. The van der Waals surface area contributed by atoms with Crippen molar-refractivity contribution in [3.63, 3.8) is 0 Å². The van der Waals surface area contributed by atoms with Gasteiger partial charge in [-0.1, -0.05) is 48.5 Å². The molecule has 0 aliphatic heterocycles. The molecule has 3 aromatic rings. The molecule has 3 aromatic carbocycles. The summed E-state index contributed by atoms with van der Waals surface area (Å²) in [5.74, 6) is 1.49. The van der Waals surface area contributed by atoms with Gasteiger partial charge in [-0.25, -0.2) is 4.79 Å². The fourth-order valence-electron chi connectivity index (χ4n) is 2.94. The molecule has 4 heteroatoms. The monoisotopic (exact) mass is 331 g/mol. The number of methoxy groups -OCH3 is 1. The predicted molar refractivity (Wildman–Crippen MR) is 98.2 cm³/mol. The maximum atomic E-state index is 13.0. The molecule has 124 valence electrons. The van der Waals surface area contributed by atoms with Gasteiger partial charge in [0, 0.05) is 6.42 Å². The van der Waals surface area contributed by atoms with Gasteiger partial charge in [-0.05, 0) is 27.6 Å². The van der Waals surface area contributed by atoms with E-state index in [-0.39, 0.29) is 12.3 Å². The van der Waals surface area contributed by atoms with E-state index >= 15 is 0 Å². The molecular formula is C21H17NO3. The topological polar surface area (TPSA) is 55.4 Å². The largest absolute Gasteiger partial charge is 0.467 e. The van der Waals surface area contributed by atoms with Crippen LogP contribution in [-0.2, 0) is 9.53 Å². The first-order valence-electron chi connectivity index (χ1n) is 7.88. The predicted octanol–water partition coefficient (Wildman–Crippen LogP) is 3.29. The molecule has 1 amide bonds. The lowest BCUT2D eigenvalue weighted by Gasteiger charge is -2.16. The summed E-state index contributed by atoms with van der Waals surface area (Å²) in [6.45, 7) is 0. The number of fused-ring (bicyclic) bond motifs is 2. The number of carbonyl (C=O) groups is 2. The van der Waals surface area contributed by atoms with Crippen LogP contribution >= 0.6 is 0 Å². The maximum Gasteiger partial charge on any atom is 0.329 e. The summed E-state index contributed by atoms with van der Waals surface area (Å²) in [7, 11) is 1.27. The van der Waals surface area contributed by atoms with Gasteiger partial charge in [0.1, 0.15) is 6.04 Å². The van der Waals surface area contributed by atoms with Gasteiger partial charge in [-0.3, -0.25) is 4.79 Å². The Kier molecular flexibility index (Phi) is 4.67. The zero-order valence-corrected chi connectivity index (χ0v) is 13.8. The summed E-state index contributed by atoms with van der Waals surface area (Å²) >= 11 is 0. The fourth-order valence-corrected chi connectivity index (χ4v) is 2.94. The van der Waals surface area contributed by atoms with Crippen molar-refractivity contribution >= 4 is 33.4 Å². The van der Waals surface area contributed by atoms with Crippen LogP contribution in [0.5, 0.6) is 0 Å². The van der Waals surface area contributed by atoms with Crippen LogP contribution in [0.1, 0.15) is 16.8 Å². The van der Waals surface area contributed by atoms with Crippen molar-refractivity contribution in [3.8, 4) is 12.3 Å². The lowest BCUT2D eigenvalue weighted by atomic mass is 9.96. The molecule has 0 radical (unpaired) electrons. The van der Waals surface area contributed by atoms with E-state index in [0.29, 0.717) is 5.56 Å². The van der Waals surface area contributed by atoms with E-state index in [9.17, 15) is 9.59 Å². The van der Waals surface area contributed by atoms with Gasteiger partial charge >= 0.3 is 5.97 Å². The Morgan fingerprint density at radius 3 is 2.16 bits per heavy atom. The highest BCUT2D eigenvalue weighted by Gasteiger charge is 2.23. The average Bonchev–Trinajstić information content (AvgIpc) is 2.64. The highest BCUT2D eigenvalue weighted by molar-refractivity contribution is 6.18. The number of nitrogens with one attached hydrogen (secondary N) is 1. The minimum atomic E-state index is -0.875. The van der Waals surface area contributed by atoms with E-state index in [1.807, 2.05) is 54.6 Å². The first kappa shape index (κ1) is 16.5. The molecule has 0 saturated heterocycles. The summed E-state index contributed by atoms with van der Waals surface area (Å²) in [5, 5.41) is 6.27. The van der Waals surface area contributed by atoms with Crippen LogP contribution in [0.25, 0.3) is 21.5 Å². The first-order valence-corrected chi connectivity index (χ1v) is 7.88. The number of amides is 1. The van der Waals surface area contributed by atoms with Gasteiger partial charge in [0.2, 0.25) is 0 Å². The van der Waals surface area contributed by atoms with Crippen LogP contribution in [0.4, 0.5) is 0 Å². The van der Waals surface area contributed by atoms with Gasteiger partial charge in [-0.15, -0.1) is 12.3 Å². The fraction of sp³-hybridized carbons (Fsp3) is 0.143. The number of carbonyl (C=O) groups excluding carboxylic acids is 2. The van der Waals surface area contributed by atoms with E-state index < -0.39 is 12.0 Å². The Hall–Kier alpha value is -3.32. The van der Waals surface area contributed by atoms with E-state index in [1.165, 1.54) is 7.11 Å². The van der Waals surface area contributed by atoms with Crippen LogP contribution in [0, 0.1) is 12.3 Å². The minimum Gasteiger partial charge on any atom is -0.467 e. The molecule has 1 N–H and O–H groups in total. The minimum absolute atomic E-state index is 0.0705. The standard InChI is InChI=1S/C21H17NO3/c1-3-8-18(21(24)25-2)22-20(23)19-16-11-6-4-9-14(16)13-15-10-5-7-12-17(15)19/h1,4-7,9-13,18H,8H2,2H3,(H,22,23)/t18-/m0/s1. The molecule has 3 rings (SSSR count). The van der Waals surface area contributed by atoms with Gasteiger partial charge in [-0.2, -0.15) is 0 Å². The normalized spacial score (nSPS) is 11.7. The maximum absolute atomic E-state index is 13.0. The molecule has 0 aromatic heterocycles. The van der Waals surface area contributed by atoms with Crippen LogP contribution < -0.4 is 5.32 Å². The second-order valence-electron chi connectivity index (χ2n) is 5.65. The zero-order valence-electron chi connectivity index (χ0n) is 13.8. The van der Waals surface area contributed by atoms with Crippen molar-refractivity contribution in [3.05, 3.63) is 60.2 Å². The first-order chi connectivity index (χ1) is 12.2. The van der Waals surface area contributed by atoms with Gasteiger partial charge in [0.15, 0.2) is 0 Å². The molecule has 25 heavy (non-hydrogen) atoms. The molecule has 0 bridgehead atoms. The van der Waals surface area contributed by atoms with Gasteiger partial charge in [0.05, 0.1) is 12.7 Å². The molecule has 0 fully saturated rings. The molecule has 0 aliphatic rings. The number of rotatable bonds is 4. The van der Waals surface area contributed by atoms with E-state index in [0.717, 1.165) is 21.5 Å². The van der Waals surface area contributed by atoms with E-state index in [4.69, 9.17) is 11.2 Å². The molecule has 1 atom stereocenters. The van der Waals surface area contributed by atoms with Crippen molar-refractivity contribution in [1.29, 1.82) is 0 Å². The van der Waals surface area contributed by atoms with Crippen molar-refractivity contribution in [1.82, 2.24) is 5.32 Å². The number of hydrogen-bond donors (Lipinski definition) is 1. The number of terminal acetylenes is 1. The molecular weight excluding hydrogens is 314 g/mol. The van der Waals surface area contributed by atoms with Crippen LogP contribution in [0.15, 0.2) is 54.6 Å².